The number of H-pyrrole nitrogens is 1. The van der Waals surface area contributed by atoms with Gasteiger partial charge >= 0.3 is 0 Å². The average molecular weight is 477 g/mol. The molecule has 4 aromatic rings. The number of halogens is 1. The van der Waals surface area contributed by atoms with Crippen molar-refractivity contribution in [3.8, 4) is 5.75 Å². The minimum Gasteiger partial charge on any atom is -0.507 e. The Labute approximate surface area is 200 Å². The highest BCUT2D eigenvalue weighted by Crippen LogP contribution is 2.45. The van der Waals surface area contributed by atoms with Gasteiger partial charge in [-0.05, 0) is 43.3 Å². The molecule has 34 heavy (non-hydrogen) atoms. The zero-order valence-electron chi connectivity index (χ0n) is 18.5. The van der Waals surface area contributed by atoms with Gasteiger partial charge in [0.2, 0.25) is 0 Å². The van der Waals surface area contributed by atoms with Gasteiger partial charge in [0, 0.05) is 27.2 Å². The number of methoxy groups -OCH3 is 1. The number of rotatable bonds is 5. The lowest BCUT2D eigenvalue weighted by Crippen LogP contribution is -2.29. The Morgan fingerprint density at radius 2 is 1.97 bits per heavy atom. The van der Waals surface area contributed by atoms with E-state index in [0.717, 1.165) is 22.2 Å². The van der Waals surface area contributed by atoms with Crippen LogP contribution in [-0.4, -0.2) is 33.8 Å². The molecule has 5 rings (SSSR count). The summed E-state index contributed by atoms with van der Waals surface area (Å²) in [6, 6.07) is 14.9. The third kappa shape index (κ3) is 3.45. The number of benzene rings is 2. The van der Waals surface area contributed by atoms with Crippen LogP contribution in [0.2, 0.25) is 5.02 Å². The first-order chi connectivity index (χ1) is 16.4. The predicted octanol–water partition coefficient (Wildman–Crippen LogP) is 5.35. The van der Waals surface area contributed by atoms with Crippen LogP contribution in [0.3, 0.4) is 0 Å². The number of aliphatic hydroxyl groups excluding tert-OH is 1. The second-order valence-corrected chi connectivity index (χ2v) is 8.50. The largest absolute Gasteiger partial charge is 0.507 e. The fourth-order valence-corrected chi connectivity index (χ4v) is 4.75. The molecule has 1 saturated heterocycles. The summed E-state index contributed by atoms with van der Waals surface area (Å²) in [7, 11) is 1.46. The van der Waals surface area contributed by atoms with Gasteiger partial charge in [-0.1, -0.05) is 29.8 Å². The van der Waals surface area contributed by atoms with E-state index >= 15 is 0 Å². The zero-order valence-corrected chi connectivity index (χ0v) is 19.2. The molecule has 8 heteroatoms. The van der Waals surface area contributed by atoms with Crippen LogP contribution in [0.5, 0.6) is 5.75 Å². The molecule has 3 heterocycles. The van der Waals surface area contributed by atoms with Crippen LogP contribution < -0.4 is 4.74 Å². The van der Waals surface area contributed by atoms with Gasteiger partial charge in [-0.15, -0.1) is 0 Å². The molecule has 1 atom stereocenters. The standard InChI is InChI=1S/C26H21ClN2O5/c1-14-21(17-7-3-4-8-19(17)28-14)23-22(24(30)18-12-15(27)9-10-20(18)33-2)25(31)26(32)29(23)13-16-6-5-11-34-16/h3-12,23,28,30H,13H2,1-2H3/b24-22+. The molecular weight excluding hydrogens is 456 g/mol. The number of hydrogen-bond acceptors (Lipinski definition) is 5. The molecule has 0 saturated carbocycles. The molecule has 0 bridgehead atoms. The van der Waals surface area contributed by atoms with Gasteiger partial charge < -0.3 is 24.1 Å². The Kier molecular flexibility index (Phi) is 5.42. The number of aliphatic hydroxyl groups is 1. The molecule has 1 aliphatic heterocycles. The molecule has 0 radical (unpaired) electrons. The third-order valence-electron chi connectivity index (χ3n) is 6.08. The number of para-hydroxylation sites is 1. The minimum atomic E-state index is -0.857. The number of fused-ring (bicyclic) bond motifs is 1. The van der Waals surface area contributed by atoms with E-state index in [4.69, 9.17) is 20.8 Å². The van der Waals surface area contributed by atoms with Crippen LogP contribution >= 0.6 is 11.6 Å². The molecule has 2 N–H and O–H groups in total. The SMILES string of the molecule is COc1ccc(Cl)cc1/C(O)=C1\C(=O)C(=O)N(Cc2ccco2)C1c1c(C)[nH]c2ccccc12. The summed E-state index contributed by atoms with van der Waals surface area (Å²) in [5.74, 6) is -1.03. The maximum absolute atomic E-state index is 13.4. The van der Waals surface area contributed by atoms with Crippen LogP contribution in [0, 0.1) is 6.92 Å². The maximum Gasteiger partial charge on any atom is 0.296 e. The average Bonchev–Trinajstić information content (AvgIpc) is 3.52. The number of hydrogen-bond donors (Lipinski definition) is 2. The van der Waals surface area contributed by atoms with Crippen molar-refractivity contribution < 1.29 is 23.8 Å². The monoisotopic (exact) mass is 476 g/mol. The van der Waals surface area contributed by atoms with Crippen molar-refractivity contribution in [2.45, 2.75) is 19.5 Å². The minimum absolute atomic E-state index is 0.0371. The van der Waals surface area contributed by atoms with Gasteiger partial charge in [0.25, 0.3) is 11.7 Å². The normalized spacial score (nSPS) is 17.6. The number of carbonyl (C=O) groups excluding carboxylic acids is 2. The van der Waals surface area contributed by atoms with E-state index in [2.05, 4.69) is 4.98 Å². The first-order valence-electron chi connectivity index (χ1n) is 10.6. The van der Waals surface area contributed by atoms with Crippen LogP contribution in [-0.2, 0) is 16.1 Å². The summed E-state index contributed by atoms with van der Waals surface area (Å²) in [6.45, 7) is 1.94. The van der Waals surface area contributed by atoms with E-state index in [0.29, 0.717) is 16.5 Å². The molecule has 0 aliphatic carbocycles. The van der Waals surface area contributed by atoms with E-state index in [-0.39, 0.29) is 23.4 Å². The van der Waals surface area contributed by atoms with Crippen LogP contribution in [0.15, 0.2) is 70.9 Å². The van der Waals surface area contributed by atoms with Crippen molar-refractivity contribution >= 4 is 40.0 Å². The van der Waals surface area contributed by atoms with Crippen molar-refractivity contribution in [1.82, 2.24) is 9.88 Å². The number of aromatic amines is 1. The van der Waals surface area contributed by atoms with Crippen LogP contribution in [0.25, 0.3) is 16.7 Å². The highest BCUT2D eigenvalue weighted by molar-refractivity contribution is 6.46. The number of nitrogens with zero attached hydrogens (tertiary/aromatic N) is 1. The fraction of sp³-hybridized carbons (Fsp3) is 0.154. The summed E-state index contributed by atoms with van der Waals surface area (Å²) in [5, 5.41) is 12.6. The van der Waals surface area contributed by atoms with E-state index < -0.39 is 17.7 Å². The number of ketones is 1. The van der Waals surface area contributed by atoms with Gasteiger partial charge in [0.05, 0.1) is 37.1 Å². The lowest BCUT2D eigenvalue weighted by molar-refractivity contribution is -0.140. The predicted molar refractivity (Wildman–Crippen MR) is 128 cm³/mol. The van der Waals surface area contributed by atoms with Gasteiger partial charge in [-0.3, -0.25) is 9.59 Å². The zero-order chi connectivity index (χ0) is 24.0. The van der Waals surface area contributed by atoms with E-state index in [1.807, 2.05) is 31.2 Å². The third-order valence-corrected chi connectivity index (χ3v) is 6.31. The summed E-state index contributed by atoms with van der Waals surface area (Å²) in [4.78, 5) is 31.4. The van der Waals surface area contributed by atoms with E-state index in [9.17, 15) is 14.7 Å². The molecule has 2 aromatic heterocycles. The second kappa shape index (κ2) is 8.43. The Morgan fingerprint density at radius 3 is 2.71 bits per heavy atom. The number of amides is 1. The number of furan rings is 1. The van der Waals surface area contributed by atoms with Crippen LogP contribution in [0.4, 0.5) is 0 Å². The Hall–Kier alpha value is -3.97. The quantitative estimate of drug-likeness (QED) is 0.230. The number of nitrogens with one attached hydrogen (secondary N) is 1. The Balaban J connectivity index is 1.78. The first-order valence-corrected chi connectivity index (χ1v) is 11.0. The number of aromatic nitrogens is 1. The summed E-state index contributed by atoms with van der Waals surface area (Å²) < 4.78 is 10.9. The second-order valence-electron chi connectivity index (χ2n) is 8.06. The van der Waals surface area contributed by atoms with Crippen molar-refractivity contribution in [3.63, 3.8) is 0 Å². The maximum atomic E-state index is 13.4. The van der Waals surface area contributed by atoms with Crippen LogP contribution in [0.1, 0.15) is 28.6 Å². The molecular formula is C26H21ClN2O5. The molecule has 1 fully saturated rings. The first kappa shape index (κ1) is 21.9. The van der Waals surface area contributed by atoms with Gasteiger partial charge in [0.1, 0.15) is 17.3 Å². The van der Waals surface area contributed by atoms with Gasteiger partial charge in [-0.2, -0.15) is 0 Å². The number of aryl methyl sites for hydroxylation is 1. The summed E-state index contributed by atoms with van der Waals surface area (Å²) >= 11 is 6.18. The number of carbonyl (C=O) groups is 2. The number of Topliss-reactive ketones (excluding diaryl/α,β-unsaturated/α-hetero) is 1. The molecule has 1 aliphatic rings. The van der Waals surface area contributed by atoms with Gasteiger partial charge in [-0.25, -0.2) is 0 Å². The molecule has 0 spiro atoms. The lowest BCUT2D eigenvalue weighted by atomic mass is 9.93. The molecule has 1 unspecified atom stereocenters. The molecule has 172 valence electrons. The highest BCUT2D eigenvalue weighted by Gasteiger charge is 2.48. The van der Waals surface area contributed by atoms with Gasteiger partial charge in [0.15, 0.2) is 0 Å². The lowest BCUT2D eigenvalue weighted by Gasteiger charge is -2.25. The van der Waals surface area contributed by atoms with Crippen molar-refractivity contribution in [2.24, 2.45) is 0 Å². The Morgan fingerprint density at radius 1 is 1.18 bits per heavy atom. The van der Waals surface area contributed by atoms with Crippen molar-refractivity contribution in [2.75, 3.05) is 7.11 Å². The highest BCUT2D eigenvalue weighted by atomic mass is 35.5. The van der Waals surface area contributed by atoms with Crippen molar-refractivity contribution in [3.05, 3.63) is 94.0 Å². The summed E-state index contributed by atoms with van der Waals surface area (Å²) in [5.41, 5.74) is 2.56. The molecule has 1 amide bonds. The Bertz CT molecular complexity index is 1450. The smallest absolute Gasteiger partial charge is 0.296 e. The van der Waals surface area contributed by atoms with E-state index in [1.165, 1.54) is 24.3 Å². The topological polar surface area (TPSA) is 95.8 Å². The van der Waals surface area contributed by atoms with E-state index in [1.54, 1.807) is 24.3 Å². The molecule has 7 nitrogen and oxygen atoms in total. The molecule has 2 aromatic carbocycles. The number of ether oxygens (including phenoxy) is 1. The van der Waals surface area contributed by atoms with Crippen molar-refractivity contribution in [1.29, 1.82) is 0 Å². The number of likely N-dealkylation sites (tertiary alicyclic amines) is 1. The fourth-order valence-electron chi connectivity index (χ4n) is 4.57. The summed E-state index contributed by atoms with van der Waals surface area (Å²) in [6.07, 6.45) is 1.51.